The van der Waals surface area contributed by atoms with E-state index in [1.165, 1.54) is 6.42 Å². The van der Waals surface area contributed by atoms with E-state index in [1.807, 2.05) is 18.2 Å². The SMILES string of the molecule is CCN1CCCC(c2c(C#N)c(N)nc3ccccc23)C1. The fourth-order valence-electron chi connectivity index (χ4n) is 3.38. The quantitative estimate of drug-likeness (QED) is 0.918. The highest BCUT2D eigenvalue weighted by atomic mass is 15.1. The van der Waals surface area contributed by atoms with Crippen molar-refractivity contribution in [3.63, 3.8) is 0 Å². The van der Waals surface area contributed by atoms with E-state index in [-0.39, 0.29) is 0 Å². The summed E-state index contributed by atoms with van der Waals surface area (Å²) in [5.74, 6) is 0.725. The van der Waals surface area contributed by atoms with Crippen LogP contribution in [-0.4, -0.2) is 29.5 Å². The first-order chi connectivity index (χ1) is 10.2. The summed E-state index contributed by atoms with van der Waals surface area (Å²) < 4.78 is 0. The second kappa shape index (κ2) is 5.71. The highest BCUT2D eigenvalue weighted by Gasteiger charge is 2.26. The lowest BCUT2D eigenvalue weighted by Crippen LogP contribution is -2.34. The van der Waals surface area contributed by atoms with Gasteiger partial charge in [-0.3, -0.25) is 0 Å². The van der Waals surface area contributed by atoms with Gasteiger partial charge in [-0.15, -0.1) is 0 Å². The van der Waals surface area contributed by atoms with Crippen molar-refractivity contribution in [2.24, 2.45) is 0 Å². The molecule has 1 atom stereocenters. The normalized spacial score (nSPS) is 19.5. The number of likely N-dealkylation sites (N-methyl/N-ethyl adjacent to an activating group) is 1. The van der Waals surface area contributed by atoms with Crippen LogP contribution in [0.1, 0.15) is 36.8 Å². The predicted molar refractivity (Wildman–Crippen MR) is 85.0 cm³/mol. The largest absolute Gasteiger partial charge is 0.383 e. The summed E-state index contributed by atoms with van der Waals surface area (Å²) in [6.45, 7) is 5.38. The Balaban J connectivity index is 2.17. The number of benzene rings is 1. The molecule has 108 valence electrons. The zero-order chi connectivity index (χ0) is 14.8. The Morgan fingerprint density at radius 1 is 1.43 bits per heavy atom. The molecule has 0 saturated carbocycles. The molecule has 2 N–H and O–H groups in total. The number of rotatable bonds is 2. The third-order valence-corrected chi connectivity index (χ3v) is 4.43. The highest BCUT2D eigenvalue weighted by molar-refractivity contribution is 5.87. The van der Waals surface area contributed by atoms with E-state index in [0.29, 0.717) is 17.3 Å². The molecule has 1 fully saturated rings. The molecule has 4 nitrogen and oxygen atoms in total. The molecule has 1 aromatic carbocycles. The van der Waals surface area contributed by atoms with E-state index >= 15 is 0 Å². The van der Waals surface area contributed by atoms with E-state index in [9.17, 15) is 5.26 Å². The number of pyridine rings is 1. The summed E-state index contributed by atoms with van der Waals surface area (Å²) in [4.78, 5) is 6.83. The number of nitrogen functional groups attached to an aromatic ring is 1. The topological polar surface area (TPSA) is 65.9 Å². The number of para-hydroxylation sites is 1. The molecule has 1 aliphatic heterocycles. The van der Waals surface area contributed by atoms with Gasteiger partial charge >= 0.3 is 0 Å². The van der Waals surface area contributed by atoms with Crippen LogP contribution in [0.15, 0.2) is 24.3 Å². The molecule has 0 spiro atoms. The summed E-state index contributed by atoms with van der Waals surface area (Å²) in [6.07, 6.45) is 2.28. The molecule has 1 saturated heterocycles. The molecule has 4 heteroatoms. The van der Waals surface area contributed by atoms with E-state index in [1.54, 1.807) is 0 Å². The van der Waals surface area contributed by atoms with Crippen molar-refractivity contribution in [2.45, 2.75) is 25.7 Å². The molecule has 1 aromatic heterocycles. The predicted octanol–water partition coefficient (Wildman–Crippen LogP) is 2.89. The van der Waals surface area contributed by atoms with Gasteiger partial charge in [0.25, 0.3) is 0 Å². The number of hydrogen-bond donors (Lipinski definition) is 1. The smallest absolute Gasteiger partial charge is 0.142 e. The Kier molecular flexibility index (Phi) is 3.76. The second-order valence-corrected chi connectivity index (χ2v) is 5.65. The first-order valence-corrected chi connectivity index (χ1v) is 7.55. The van der Waals surface area contributed by atoms with Gasteiger partial charge in [-0.2, -0.15) is 5.26 Å². The summed E-state index contributed by atoms with van der Waals surface area (Å²) in [5, 5.41) is 10.6. The minimum absolute atomic E-state index is 0.361. The number of fused-ring (bicyclic) bond motifs is 1. The van der Waals surface area contributed by atoms with Gasteiger partial charge < -0.3 is 10.6 Å². The first kappa shape index (κ1) is 13.8. The highest BCUT2D eigenvalue weighted by Crippen LogP contribution is 2.35. The Labute approximate surface area is 125 Å². The van der Waals surface area contributed by atoms with Crippen LogP contribution in [0.3, 0.4) is 0 Å². The van der Waals surface area contributed by atoms with E-state index < -0.39 is 0 Å². The number of nitriles is 1. The van der Waals surface area contributed by atoms with Crippen LogP contribution < -0.4 is 5.73 Å². The number of hydrogen-bond acceptors (Lipinski definition) is 4. The van der Waals surface area contributed by atoms with Crippen LogP contribution in [0.5, 0.6) is 0 Å². The van der Waals surface area contributed by atoms with Crippen LogP contribution in [0, 0.1) is 11.3 Å². The molecule has 0 amide bonds. The van der Waals surface area contributed by atoms with Gasteiger partial charge in [0, 0.05) is 11.9 Å². The number of aromatic nitrogens is 1. The van der Waals surface area contributed by atoms with E-state index in [0.717, 1.165) is 42.5 Å². The molecular formula is C17H20N4. The van der Waals surface area contributed by atoms with Crippen molar-refractivity contribution in [3.05, 3.63) is 35.4 Å². The van der Waals surface area contributed by atoms with Gasteiger partial charge in [0.1, 0.15) is 11.9 Å². The molecule has 0 bridgehead atoms. The van der Waals surface area contributed by atoms with Crippen LogP contribution in [-0.2, 0) is 0 Å². The maximum atomic E-state index is 9.53. The number of piperidine rings is 1. The van der Waals surface area contributed by atoms with Gasteiger partial charge in [0.15, 0.2) is 0 Å². The van der Waals surface area contributed by atoms with Gasteiger partial charge in [-0.05, 0) is 43.5 Å². The number of anilines is 1. The minimum Gasteiger partial charge on any atom is -0.383 e. The van der Waals surface area contributed by atoms with E-state index in [4.69, 9.17) is 5.73 Å². The van der Waals surface area contributed by atoms with Crippen LogP contribution in [0.25, 0.3) is 10.9 Å². The minimum atomic E-state index is 0.361. The summed E-state index contributed by atoms with van der Waals surface area (Å²) in [6, 6.07) is 10.3. The maximum absolute atomic E-state index is 9.53. The summed E-state index contributed by atoms with van der Waals surface area (Å²) in [7, 11) is 0. The number of likely N-dealkylation sites (tertiary alicyclic amines) is 1. The fourth-order valence-corrected chi connectivity index (χ4v) is 3.38. The first-order valence-electron chi connectivity index (χ1n) is 7.55. The summed E-state index contributed by atoms with van der Waals surface area (Å²) >= 11 is 0. The zero-order valence-electron chi connectivity index (χ0n) is 12.3. The van der Waals surface area contributed by atoms with Gasteiger partial charge in [-0.25, -0.2) is 4.98 Å². The third-order valence-electron chi connectivity index (χ3n) is 4.43. The Bertz CT molecular complexity index is 702. The monoisotopic (exact) mass is 280 g/mol. The Morgan fingerprint density at radius 3 is 3.00 bits per heavy atom. The van der Waals surface area contributed by atoms with Crippen LogP contribution in [0.2, 0.25) is 0 Å². The average Bonchev–Trinajstić information content (AvgIpc) is 2.53. The van der Waals surface area contributed by atoms with Crippen molar-refractivity contribution in [3.8, 4) is 6.07 Å². The molecule has 0 aliphatic carbocycles. The fraction of sp³-hybridized carbons (Fsp3) is 0.412. The van der Waals surface area contributed by atoms with Gasteiger partial charge in [-0.1, -0.05) is 25.1 Å². The lowest BCUT2D eigenvalue weighted by molar-refractivity contribution is 0.218. The van der Waals surface area contributed by atoms with Crippen LogP contribution in [0.4, 0.5) is 5.82 Å². The van der Waals surface area contributed by atoms with E-state index in [2.05, 4.69) is 28.9 Å². The summed E-state index contributed by atoms with van der Waals surface area (Å²) in [5.41, 5.74) is 8.57. The number of nitrogens with two attached hydrogens (primary N) is 1. The lowest BCUT2D eigenvalue weighted by Gasteiger charge is -2.33. The molecule has 0 radical (unpaired) electrons. The molecular weight excluding hydrogens is 260 g/mol. The molecule has 1 unspecified atom stereocenters. The van der Waals surface area contributed by atoms with Crippen molar-refractivity contribution >= 4 is 16.7 Å². The molecule has 2 heterocycles. The molecule has 1 aliphatic rings. The second-order valence-electron chi connectivity index (χ2n) is 5.65. The van der Waals surface area contributed by atoms with Crippen molar-refractivity contribution in [1.82, 2.24) is 9.88 Å². The third kappa shape index (κ3) is 2.45. The molecule has 3 rings (SSSR count). The average molecular weight is 280 g/mol. The standard InChI is InChI=1S/C17H20N4/c1-2-21-9-5-6-12(11-21)16-13-7-3-4-8-15(13)20-17(19)14(16)10-18/h3-4,7-8,12H,2,5-6,9,11H2,1H3,(H2,19,20). The maximum Gasteiger partial charge on any atom is 0.142 e. The number of nitrogens with zero attached hydrogens (tertiary/aromatic N) is 3. The lowest BCUT2D eigenvalue weighted by atomic mass is 9.85. The van der Waals surface area contributed by atoms with Gasteiger partial charge in [0.2, 0.25) is 0 Å². The van der Waals surface area contributed by atoms with Crippen molar-refractivity contribution in [2.75, 3.05) is 25.4 Å². The van der Waals surface area contributed by atoms with Crippen molar-refractivity contribution < 1.29 is 0 Å². The van der Waals surface area contributed by atoms with Crippen molar-refractivity contribution in [1.29, 1.82) is 5.26 Å². The molecule has 2 aromatic rings. The Morgan fingerprint density at radius 2 is 2.24 bits per heavy atom. The van der Waals surface area contributed by atoms with Gasteiger partial charge in [0.05, 0.1) is 11.1 Å². The van der Waals surface area contributed by atoms with Crippen LogP contribution >= 0.6 is 0 Å². The molecule has 21 heavy (non-hydrogen) atoms. The zero-order valence-corrected chi connectivity index (χ0v) is 12.3. The Hall–Kier alpha value is -2.12.